The molecule has 1 rings (SSSR count). The van der Waals surface area contributed by atoms with Crippen molar-refractivity contribution in [1.29, 1.82) is 0 Å². The summed E-state index contributed by atoms with van der Waals surface area (Å²) in [6.07, 6.45) is 3.53. The van der Waals surface area contributed by atoms with E-state index in [4.69, 9.17) is 4.74 Å². The van der Waals surface area contributed by atoms with E-state index in [1.54, 1.807) is 17.7 Å². The first kappa shape index (κ1) is 14.7. The van der Waals surface area contributed by atoms with Gasteiger partial charge in [-0.25, -0.2) is 4.98 Å². The molecule has 0 fully saturated rings. The second-order valence-corrected chi connectivity index (χ2v) is 4.19. The fraction of sp³-hybridized carbons (Fsp3) is 0.692. The molecular weight excluding hydrogens is 232 g/mol. The van der Waals surface area contributed by atoms with E-state index in [9.17, 15) is 9.90 Å². The van der Waals surface area contributed by atoms with Crippen molar-refractivity contribution in [3.8, 4) is 0 Å². The lowest BCUT2D eigenvalue weighted by Crippen LogP contribution is -2.14. The molecule has 102 valence electrons. The first-order chi connectivity index (χ1) is 8.62. The van der Waals surface area contributed by atoms with Crippen LogP contribution in [0.4, 0.5) is 0 Å². The molecule has 5 heteroatoms. The molecule has 1 N–H and O–H groups in total. The molecule has 18 heavy (non-hydrogen) atoms. The highest BCUT2D eigenvalue weighted by atomic mass is 16.5. The van der Waals surface area contributed by atoms with E-state index in [0.29, 0.717) is 18.7 Å². The highest BCUT2D eigenvalue weighted by Crippen LogP contribution is 2.16. The van der Waals surface area contributed by atoms with Crippen LogP contribution in [0.15, 0.2) is 6.20 Å². The van der Waals surface area contributed by atoms with Gasteiger partial charge in [-0.3, -0.25) is 4.79 Å². The van der Waals surface area contributed by atoms with Gasteiger partial charge < -0.3 is 14.4 Å². The van der Waals surface area contributed by atoms with E-state index in [-0.39, 0.29) is 12.5 Å². The summed E-state index contributed by atoms with van der Waals surface area (Å²) in [4.78, 5) is 15.9. The van der Waals surface area contributed by atoms with Gasteiger partial charge >= 0.3 is 5.97 Å². The Hall–Kier alpha value is -1.36. The Morgan fingerprint density at radius 1 is 1.50 bits per heavy atom. The van der Waals surface area contributed by atoms with Crippen LogP contribution in [0, 0.1) is 0 Å². The summed E-state index contributed by atoms with van der Waals surface area (Å²) in [5.41, 5.74) is 0.630. The van der Waals surface area contributed by atoms with Crippen molar-refractivity contribution in [3.05, 3.63) is 17.7 Å². The second kappa shape index (κ2) is 7.16. The summed E-state index contributed by atoms with van der Waals surface area (Å²) in [5, 5.41) is 9.78. The minimum absolute atomic E-state index is 0.159. The maximum atomic E-state index is 11.5. The molecule has 0 spiro atoms. The van der Waals surface area contributed by atoms with Crippen LogP contribution >= 0.6 is 0 Å². The number of aliphatic hydroxyl groups excluding tert-OH is 1. The van der Waals surface area contributed by atoms with Gasteiger partial charge in [0.2, 0.25) is 0 Å². The summed E-state index contributed by atoms with van der Waals surface area (Å²) in [7, 11) is 0. The molecule has 0 aromatic carbocycles. The molecule has 0 aliphatic heterocycles. The van der Waals surface area contributed by atoms with E-state index in [0.717, 1.165) is 18.7 Å². The number of nitrogens with zero attached hydrogens (tertiary/aromatic N) is 2. The molecule has 1 aromatic heterocycles. The quantitative estimate of drug-likeness (QED) is 0.754. The van der Waals surface area contributed by atoms with Crippen LogP contribution in [0.25, 0.3) is 0 Å². The van der Waals surface area contributed by atoms with Gasteiger partial charge in [-0.15, -0.1) is 0 Å². The summed E-state index contributed by atoms with van der Waals surface area (Å²) in [5.74, 6) is 0.554. The molecule has 0 aliphatic carbocycles. The van der Waals surface area contributed by atoms with Crippen LogP contribution in [0.5, 0.6) is 0 Å². The van der Waals surface area contributed by atoms with Gasteiger partial charge in [-0.05, 0) is 19.8 Å². The number of hydrogen-bond donors (Lipinski definition) is 1. The van der Waals surface area contributed by atoms with Gasteiger partial charge in [0.25, 0.3) is 0 Å². The zero-order chi connectivity index (χ0) is 13.5. The molecule has 1 aromatic rings. The van der Waals surface area contributed by atoms with Crippen LogP contribution in [-0.2, 0) is 22.5 Å². The smallest absolute Gasteiger partial charge is 0.325 e. The van der Waals surface area contributed by atoms with E-state index in [1.165, 1.54) is 0 Å². The first-order valence-corrected chi connectivity index (χ1v) is 6.51. The maximum Gasteiger partial charge on any atom is 0.325 e. The predicted molar refractivity (Wildman–Crippen MR) is 68.1 cm³/mol. The number of rotatable bonds is 7. The van der Waals surface area contributed by atoms with Gasteiger partial charge in [0.05, 0.1) is 18.4 Å². The molecule has 0 saturated carbocycles. The Kier molecular flexibility index (Phi) is 5.85. The van der Waals surface area contributed by atoms with Crippen molar-refractivity contribution in [1.82, 2.24) is 9.55 Å². The molecule has 0 bridgehead atoms. The second-order valence-electron chi connectivity index (χ2n) is 4.19. The van der Waals surface area contributed by atoms with Crippen molar-refractivity contribution >= 4 is 5.97 Å². The number of carbonyl (C=O) groups excluding carboxylic acids is 1. The minimum Gasteiger partial charge on any atom is -0.465 e. The van der Waals surface area contributed by atoms with Crippen LogP contribution < -0.4 is 0 Å². The highest BCUT2D eigenvalue weighted by Gasteiger charge is 2.15. The standard InChI is InChI=1S/C13H22N2O3/c1-4-7-12-14-10(11(16)5-2)8-15(12)9-13(17)18-6-3/h8,11,16H,4-7,9H2,1-3H3. The van der Waals surface area contributed by atoms with Crippen LogP contribution in [-0.4, -0.2) is 27.2 Å². The summed E-state index contributed by atoms with van der Waals surface area (Å²) >= 11 is 0. The van der Waals surface area contributed by atoms with Crippen molar-refractivity contribution in [2.45, 2.75) is 52.7 Å². The van der Waals surface area contributed by atoms with E-state index < -0.39 is 6.10 Å². The number of aryl methyl sites for hydroxylation is 1. The summed E-state index contributed by atoms with van der Waals surface area (Å²) < 4.78 is 6.70. The number of carbonyl (C=O) groups is 1. The molecule has 1 unspecified atom stereocenters. The van der Waals surface area contributed by atoms with Crippen molar-refractivity contribution in [2.24, 2.45) is 0 Å². The third kappa shape index (κ3) is 3.84. The largest absolute Gasteiger partial charge is 0.465 e. The lowest BCUT2D eigenvalue weighted by atomic mass is 10.2. The topological polar surface area (TPSA) is 64.4 Å². The molecule has 1 heterocycles. The highest BCUT2D eigenvalue weighted by molar-refractivity contribution is 5.69. The minimum atomic E-state index is -0.566. The van der Waals surface area contributed by atoms with E-state index in [1.807, 2.05) is 6.92 Å². The molecule has 0 saturated heterocycles. The average molecular weight is 254 g/mol. The monoisotopic (exact) mass is 254 g/mol. The van der Waals surface area contributed by atoms with Gasteiger partial charge in [-0.2, -0.15) is 0 Å². The molecular formula is C13H22N2O3. The third-order valence-electron chi connectivity index (χ3n) is 2.68. The number of aliphatic hydroxyl groups is 1. The SMILES string of the molecule is CCCc1nc(C(O)CC)cn1CC(=O)OCC. The first-order valence-electron chi connectivity index (χ1n) is 6.51. The van der Waals surface area contributed by atoms with Gasteiger partial charge in [0.1, 0.15) is 12.4 Å². The van der Waals surface area contributed by atoms with Crippen LogP contribution in [0.3, 0.4) is 0 Å². The molecule has 0 aliphatic rings. The number of ether oxygens (including phenoxy) is 1. The normalized spacial score (nSPS) is 12.4. The van der Waals surface area contributed by atoms with E-state index >= 15 is 0 Å². The summed E-state index contributed by atoms with van der Waals surface area (Å²) in [6, 6.07) is 0. The lowest BCUT2D eigenvalue weighted by Gasteiger charge is -2.06. The summed E-state index contributed by atoms with van der Waals surface area (Å²) in [6.45, 7) is 6.27. The fourth-order valence-electron chi connectivity index (χ4n) is 1.75. The Labute approximate surface area is 108 Å². The molecule has 0 amide bonds. The molecule has 0 radical (unpaired) electrons. The number of esters is 1. The Morgan fingerprint density at radius 2 is 2.22 bits per heavy atom. The zero-order valence-corrected chi connectivity index (χ0v) is 11.3. The van der Waals surface area contributed by atoms with Gasteiger partial charge in [0.15, 0.2) is 0 Å². The lowest BCUT2D eigenvalue weighted by molar-refractivity contribution is -0.143. The number of hydrogen-bond acceptors (Lipinski definition) is 4. The zero-order valence-electron chi connectivity index (χ0n) is 11.3. The van der Waals surface area contributed by atoms with Crippen molar-refractivity contribution in [2.75, 3.05) is 6.61 Å². The number of imidazole rings is 1. The van der Waals surface area contributed by atoms with Gasteiger partial charge in [0, 0.05) is 12.6 Å². The Bertz CT molecular complexity index is 388. The van der Waals surface area contributed by atoms with Crippen molar-refractivity contribution in [3.63, 3.8) is 0 Å². The Morgan fingerprint density at radius 3 is 2.78 bits per heavy atom. The van der Waals surface area contributed by atoms with Crippen LogP contribution in [0.1, 0.15) is 51.2 Å². The van der Waals surface area contributed by atoms with E-state index in [2.05, 4.69) is 11.9 Å². The third-order valence-corrected chi connectivity index (χ3v) is 2.68. The maximum absolute atomic E-state index is 11.5. The molecule has 1 atom stereocenters. The molecule has 5 nitrogen and oxygen atoms in total. The Balaban J connectivity index is 2.86. The number of aromatic nitrogens is 2. The van der Waals surface area contributed by atoms with Crippen LogP contribution in [0.2, 0.25) is 0 Å². The predicted octanol–water partition coefficient (Wildman–Crippen LogP) is 1.84. The van der Waals surface area contributed by atoms with Gasteiger partial charge in [-0.1, -0.05) is 13.8 Å². The van der Waals surface area contributed by atoms with Crippen molar-refractivity contribution < 1.29 is 14.6 Å². The average Bonchev–Trinajstić information content (AvgIpc) is 2.72. The fourth-order valence-corrected chi connectivity index (χ4v) is 1.75.